The van der Waals surface area contributed by atoms with Gasteiger partial charge in [0.15, 0.2) is 0 Å². The highest BCUT2D eigenvalue weighted by atomic mass is 16.2. The Labute approximate surface area is 124 Å². The molecule has 0 N–H and O–H groups in total. The third-order valence-corrected chi connectivity index (χ3v) is 5.14. The van der Waals surface area contributed by atoms with Gasteiger partial charge in [0.1, 0.15) is 0 Å². The average Bonchev–Trinajstić information content (AvgIpc) is 2.45. The Morgan fingerprint density at radius 1 is 1.25 bits per heavy atom. The van der Waals surface area contributed by atoms with E-state index >= 15 is 0 Å². The van der Waals surface area contributed by atoms with Crippen LogP contribution >= 0.6 is 0 Å². The monoisotopic (exact) mass is 278 g/mol. The highest BCUT2D eigenvalue weighted by Gasteiger charge is 2.44. The lowest BCUT2D eigenvalue weighted by Gasteiger charge is -2.54. The molecular formula is C17H30N2O. The number of likely N-dealkylation sites (tertiary alicyclic amines) is 2. The molecule has 0 unspecified atom stereocenters. The highest BCUT2D eigenvalue weighted by molar-refractivity contribution is 5.75. The molecule has 0 aromatic heterocycles. The first-order valence-electron chi connectivity index (χ1n) is 8.20. The lowest BCUT2D eigenvalue weighted by atomic mass is 9.72. The van der Waals surface area contributed by atoms with Crippen LogP contribution in [0.15, 0.2) is 11.6 Å². The van der Waals surface area contributed by atoms with Gasteiger partial charge in [-0.2, -0.15) is 0 Å². The molecule has 0 aromatic rings. The van der Waals surface area contributed by atoms with Gasteiger partial charge < -0.3 is 9.80 Å². The second-order valence-electron chi connectivity index (χ2n) is 6.68. The fraction of sp³-hybridized carbons (Fsp3) is 0.824. The second-order valence-corrected chi connectivity index (χ2v) is 6.68. The lowest BCUT2D eigenvalue weighted by molar-refractivity contribution is -0.135. The van der Waals surface area contributed by atoms with Crippen LogP contribution in [0.2, 0.25) is 0 Å². The summed E-state index contributed by atoms with van der Waals surface area (Å²) in [6.07, 6.45) is 7.82. The van der Waals surface area contributed by atoms with Gasteiger partial charge in [-0.25, -0.2) is 0 Å². The summed E-state index contributed by atoms with van der Waals surface area (Å²) in [5.74, 6) is 0.331. The van der Waals surface area contributed by atoms with E-state index < -0.39 is 0 Å². The number of carbonyl (C=O) groups is 1. The van der Waals surface area contributed by atoms with E-state index in [1.54, 1.807) is 0 Å². The van der Waals surface area contributed by atoms with Crippen molar-refractivity contribution in [1.29, 1.82) is 0 Å². The van der Waals surface area contributed by atoms with Crippen molar-refractivity contribution < 1.29 is 4.79 Å². The van der Waals surface area contributed by atoms with Gasteiger partial charge in [0, 0.05) is 32.6 Å². The highest BCUT2D eigenvalue weighted by Crippen LogP contribution is 2.40. The van der Waals surface area contributed by atoms with Gasteiger partial charge in [0.2, 0.25) is 5.91 Å². The number of piperidine rings is 1. The zero-order chi connectivity index (χ0) is 14.6. The van der Waals surface area contributed by atoms with Gasteiger partial charge in [0.05, 0.1) is 0 Å². The van der Waals surface area contributed by atoms with Crippen LogP contribution in [-0.2, 0) is 4.79 Å². The van der Waals surface area contributed by atoms with Crippen LogP contribution in [0.1, 0.15) is 52.9 Å². The number of hydrogen-bond acceptors (Lipinski definition) is 2. The molecule has 20 heavy (non-hydrogen) atoms. The molecule has 0 radical (unpaired) electrons. The maximum atomic E-state index is 11.7. The second kappa shape index (κ2) is 6.75. The van der Waals surface area contributed by atoms with Crippen molar-refractivity contribution in [3.63, 3.8) is 0 Å². The maximum absolute atomic E-state index is 11.7. The molecule has 2 aliphatic rings. The first-order chi connectivity index (χ1) is 9.58. The van der Waals surface area contributed by atoms with E-state index in [9.17, 15) is 4.79 Å². The van der Waals surface area contributed by atoms with Gasteiger partial charge in [-0.1, -0.05) is 18.6 Å². The van der Waals surface area contributed by atoms with Crippen molar-refractivity contribution in [3.05, 3.63) is 11.6 Å². The van der Waals surface area contributed by atoms with Crippen LogP contribution in [-0.4, -0.2) is 48.4 Å². The summed E-state index contributed by atoms with van der Waals surface area (Å²) in [6, 6.07) is 0. The lowest BCUT2D eigenvalue weighted by Crippen LogP contribution is -2.60. The molecule has 0 atom stereocenters. The quantitative estimate of drug-likeness (QED) is 0.722. The van der Waals surface area contributed by atoms with E-state index in [2.05, 4.69) is 29.7 Å². The third kappa shape index (κ3) is 3.63. The molecule has 2 heterocycles. The van der Waals surface area contributed by atoms with Crippen LogP contribution in [0.25, 0.3) is 0 Å². The summed E-state index contributed by atoms with van der Waals surface area (Å²) in [5, 5.41) is 0. The summed E-state index contributed by atoms with van der Waals surface area (Å²) in [7, 11) is 0. The summed E-state index contributed by atoms with van der Waals surface area (Å²) in [4.78, 5) is 16.3. The maximum Gasteiger partial charge on any atom is 0.222 e. The molecule has 1 amide bonds. The summed E-state index contributed by atoms with van der Waals surface area (Å²) >= 11 is 0. The molecule has 114 valence electrons. The standard InChI is InChI=1S/C17H30N2O/c1-4-15(3)7-6-10-18-13-17(14-18)8-11-19(12-9-17)16(20)5-2/h4H,5-14H2,1-3H3. The number of hydrogen-bond donors (Lipinski definition) is 0. The number of allylic oxidation sites excluding steroid dienone is 2. The van der Waals surface area contributed by atoms with E-state index in [0.717, 1.165) is 13.1 Å². The van der Waals surface area contributed by atoms with Crippen LogP contribution in [0.4, 0.5) is 0 Å². The van der Waals surface area contributed by atoms with Gasteiger partial charge in [-0.15, -0.1) is 0 Å². The first-order valence-corrected chi connectivity index (χ1v) is 8.20. The van der Waals surface area contributed by atoms with E-state index in [4.69, 9.17) is 0 Å². The Balaban J connectivity index is 1.65. The van der Waals surface area contributed by atoms with Crippen molar-refractivity contribution in [3.8, 4) is 0 Å². The van der Waals surface area contributed by atoms with Gasteiger partial charge >= 0.3 is 0 Å². The third-order valence-electron chi connectivity index (χ3n) is 5.14. The summed E-state index contributed by atoms with van der Waals surface area (Å²) in [6.45, 7) is 12.0. The van der Waals surface area contributed by atoms with Crippen molar-refractivity contribution in [1.82, 2.24) is 9.80 Å². The van der Waals surface area contributed by atoms with E-state index in [0.29, 0.717) is 17.7 Å². The topological polar surface area (TPSA) is 23.6 Å². The molecule has 1 spiro atoms. The largest absolute Gasteiger partial charge is 0.343 e. The molecule has 0 bridgehead atoms. The molecule has 2 fully saturated rings. The van der Waals surface area contributed by atoms with E-state index in [1.807, 2.05) is 6.92 Å². The Morgan fingerprint density at radius 3 is 2.45 bits per heavy atom. The van der Waals surface area contributed by atoms with Crippen LogP contribution in [0, 0.1) is 5.41 Å². The smallest absolute Gasteiger partial charge is 0.222 e. The summed E-state index contributed by atoms with van der Waals surface area (Å²) < 4.78 is 0. The predicted octanol–water partition coefficient (Wildman–Crippen LogP) is 3.07. The van der Waals surface area contributed by atoms with E-state index in [1.165, 1.54) is 50.9 Å². The van der Waals surface area contributed by atoms with Crippen LogP contribution in [0.5, 0.6) is 0 Å². The Morgan fingerprint density at radius 2 is 1.90 bits per heavy atom. The molecule has 2 aliphatic heterocycles. The number of amides is 1. The number of nitrogens with zero attached hydrogens (tertiary/aromatic N) is 2. The minimum Gasteiger partial charge on any atom is -0.343 e. The van der Waals surface area contributed by atoms with Gasteiger partial charge in [0.25, 0.3) is 0 Å². The molecule has 0 aromatic carbocycles. The fourth-order valence-electron chi connectivity index (χ4n) is 3.56. The predicted molar refractivity (Wildman–Crippen MR) is 83.6 cm³/mol. The Kier molecular flexibility index (Phi) is 5.25. The Hall–Kier alpha value is -0.830. The van der Waals surface area contributed by atoms with E-state index in [-0.39, 0.29) is 0 Å². The zero-order valence-corrected chi connectivity index (χ0v) is 13.5. The van der Waals surface area contributed by atoms with Crippen molar-refractivity contribution >= 4 is 5.91 Å². The SMILES string of the molecule is CC=C(C)CCCN1CC2(CCN(C(=O)CC)CC2)C1. The number of rotatable bonds is 5. The van der Waals surface area contributed by atoms with Crippen molar-refractivity contribution in [2.45, 2.75) is 52.9 Å². The molecular weight excluding hydrogens is 248 g/mol. The van der Waals surface area contributed by atoms with Gasteiger partial charge in [-0.3, -0.25) is 4.79 Å². The van der Waals surface area contributed by atoms with Gasteiger partial charge in [-0.05, 0) is 51.5 Å². The fourth-order valence-corrected chi connectivity index (χ4v) is 3.56. The van der Waals surface area contributed by atoms with Crippen molar-refractivity contribution in [2.75, 3.05) is 32.7 Å². The summed E-state index contributed by atoms with van der Waals surface area (Å²) in [5.41, 5.74) is 2.05. The molecule has 2 rings (SSSR count). The average molecular weight is 278 g/mol. The Bertz CT molecular complexity index is 359. The number of carbonyl (C=O) groups excluding carboxylic acids is 1. The van der Waals surface area contributed by atoms with Crippen molar-refractivity contribution in [2.24, 2.45) is 5.41 Å². The molecule has 3 heteroatoms. The molecule has 3 nitrogen and oxygen atoms in total. The zero-order valence-electron chi connectivity index (χ0n) is 13.5. The minimum atomic E-state index is 0.331. The van der Waals surface area contributed by atoms with Crippen LogP contribution < -0.4 is 0 Å². The molecule has 2 saturated heterocycles. The molecule has 0 saturated carbocycles. The normalized spacial score (nSPS) is 22.9. The molecule has 0 aliphatic carbocycles. The van der Waals surface area contributed by atoms with Crippen LogP contribution in [0.3, 0.4) is 0 Å². The minimum absolute atomic E-state index is 0.331. The first kappa shape index (κ1) is 15.6.